The van der Waals surface area contributed by atoms with Gasteiger partial charge in [0.05, 0.1) is 20.7 Å². The molecule has 0 aliphatic carbocycles. The summed E-state index contributed by atoms with van der Waals surface area (Å²) < 4.78 is 1.15. The number of non-ortho nitro benzene ring substituents is 1. The average Bonchev–Trinajstić information content (AvgIpc) is 2.54. The fourth-order valence-electron chi connectivity index (χ4n) is 2.37. The molecule has 1 aromatic carbocycles. The van der Waals surface area contributed by atoms with Crippen molar-refractivity contribution >= 4 is 40.5 Å². The Bertz CT molecular complexity index is 1000. The standard InChI is InChI=1S/C16H12Cl2N4O4/c1-8-3-9(2)21(16(24)11(8)6-19)7-14(23)20-15-12(17)4-10(22(25)26)5-13(15)18/h3-5H,7H2,1-2H3,(H,20,23). The number of nitrogens with one attached hydrogen (secondary N) is 1. The second-order valence-corrected chi connectivity index (χ2v) is 6.25. The molecule has 0 unspecified atom stereocenters. The molecule has 26 heavy (non-hydrogen) atoms. The molecule has 1 N–H and O–H groups in total. The molecule has 0 saturated heterocycles. The highest BCUT2D eigenvalue weighted by Crippen LogP contribution is 2.34. The Morgan fingerprint density at radius 2 is 1.88 bits per heavy atom. The second kappa shape index (κ2) is 7.56. The van der Waals surface area contributed by atoms with Crippen LogP contribution in [0.15, 0.2) is 23.0 Å². The van der Waals surface area contributed by atoms with E-state index in [-0.39, 0.29) is 33.5 Å². The summed E-state index contributed by atoms with van der Waals surface area (Å²) in [6.45, 7) is 2.89. The largest absolute Gasteiger partial charge is 0.322 e. The number of carbonyl (C=O) groups excluding carboxylic acids is 1. The predicted molar refractivity (Wildman–Crippen MR) is 96.6 cm³/mol. The molecule has 0 spiro atoms. The maximum absolute atomic E-state index is 12.3. The molecule has 0 saturated carbocycles. The van der Waals surface area contributed by atoms with Gasteiger partial charge in [0.15, 0.2) is 0 Å². The number of rotatable bonds is 4. The highest BCUT2D eigenvalue weighted by Gasteiger charge is 2.18. The number of halogens is 2. The van der Waals surface area contributed by atoms with Crippen molar-refractivity contribution in [2.75, 3.05) is 5.32 Å². The first-order chi connectivity index (χ1) is 12.1. The van der Waals surface area contributed by atoms with Crippen LogP contribution in [0.25, 0.3) is 0 Å². The van der Waals surface area contributed by atoms with E-state index >= 15 is 0 Å². The number of carbonyl (C=O) groups is 1. The molecule has 0 bridgehead atoms. The van der Waals surface area contributed by atoms with Gasteiger partial charge in [0.1, 0.15) is 18.2 Å². The quantitative estimate of drug-likeness (QED) is 0.630. The van der Waals surface area contributed by atoms with Crippen molar-refractivity contribution in [3.05, 3.63) is 65.5 Å². The maximum Gasteiger partial charge on any atom is 0.272 e. The van der Waals surface area contributed by atoms with Crippen LogP contribution in [-0.2, 0) is 11.3 Å². The van der Waals surface area contributed by atoms with Gasteiger partial charge < -0.3 is 9.88 Å². The van der Waals surface area contributed by atoms with Gasteiger partial charge in [-0.25, -0.2) is 0 Å². The summed E-state index contributed by atoms with van der Waals surface area (Å²) in [6, 6.07) is 5.55. The van der Waals surface area contributed by atoms with E-state index in [1.165, 1.54) is 0 Å². The molecular weight excluding hydrogens is 383 g/mol. The Morgan fingerprint density at radius 3 is 2.38 bits per heavy atom. The monoisotopic (exact) mass is 394 g/mol. The Labute approximate surface area is 157 Å². The first-order valence-corrected chi connectivity index (χ1v) is 7.95. The van der Waals surface area contributed by atoms with Crippen LogP contribution in [0.5, 0.6) is 0 Å². The SMILES string of the molecule is Cc1cc(C)n(CC(=O)Nc2c(Cl)cc([N+](=O)[O-])cc2Cl)c(=O)c1C#N. The fourth-order valence-corrected chi connectivity index (χ4v) is 2.94. The lowest BCUT2D eigenvalue weighted by atomic mass is 10.1. The third-order valence-corrected chi connectivity index (χ3v) is 4.22. The summed E-state index contributed by atoms with van der Waals surface area (Å²) in [5.41, 5.74) is 0.0796. The van der Waals surface area contributed by atoms with Crippen LogP contribution >= 0.6 is 23.2 Å². The van der Waals surface area contributed by atoms with Crippen LogP contribution in [0.4, 0.5) is 11.4 Å². The topological polar surface area (TPSA) is 118 Å². The molecule has 1 amide bonds. The maximum atomic E-state index is 12.3. The molecule has 0 fully saturated rings. The van der Waals surface area contributed by atoms with Crippen LogP contribution < -0.4 is 10.9 Å². The number of hydrogen-bond donors (Lipinski definition) is 1. The number of nitro groups is 1. The number of benzene rings is 1. The van der Waals surface area contributed by atoms with Crippen molar-refractivity contribution in [1.82, 2.24) is 4.57 Å². The van der Waals surface area contributed by atoms with Crippen LogP contribution in [0.1, 0.15) is 16.8 Å². The molecule has 1 aromatic heterocycles. The Kier molecular flexibility index (Phi) is 5.65. The molecule has 10 heteroatoms. The summed E-state index contributed by atoms with van der Waals surface area (Å²) in [5.74, 6) is -0.624. The van der Waals surface area contributed by atoms with Crippen LogP contribution in [0, 0.1) is 35.3 Å². The van der Waals surface area contributed by atoms with E-state index in [0.29, 0.717) is 11.3 Å². The van der Waals surface area contributed by atoms with Gasteiger partial charge in [-0.3, -0.25) is 19.7 Å². The van der Waals surface area contributed by atoms with E-state index in [4.69, 9.17) is 28.5 Å². The van der Waals surface area contributed by atoms with Crippen molar-refractivity contribution in [3.8, 4) is 6.07 Å². The lowest BCUT2D eigenvalue weighted by Crippen LogP contribution is -2.31. The van der Waals surface area contributed by atoms with Gasteiger partial charge in [0, 0.05) is 17.8 Å². The molecule has 2 rings (SSSR count). The molecule has 8 nitrogen and oxygen atoms in total. The minimum atomic E-state index is -0.665. The van der Waals surface area contributed by atoms with Gasteiger partial charge in [0.2, 0.25) is 5.91 Å². The Balaban J connectivity index is 2.33. The zero-order chi connectivity index (χ0) is 19.6. The number of anilines is 1. The highest BCUT2D eigenvalue weighted by molar-refractivity contribution is 6.40. The predicted octanol–water partition coefficient (Wildman–Crippen LogP) is 3.19. The Hall–Kier alpha value is -2.89. The number of aryl methyl sites for hydroxylation is 2. The lowest BCUT2D eigenvalue weighted by Gasteiger charge is -2.13. The second-order valence-electron chi connectivity index (χ2n) is 5.44. The lowest BCUT2D eigenvalue weighted by molar-refractivity contribution is -0.384. The number of nitrogens with zero attached hydrogens (tertiary/aromatic N) is 3. The number of nitro benzene ring substituents is 1. The van der Waals surface area contributed by atoms with Gasteiger partial charge in [-0.2, -0.15) is 5.26 Å². The summed E-state index contributed by atoms with van der Waals surface area (Å²) >= 11 is 11.9. The first-order valence-electron chi connectivity index (χ1n) is 7.20. The zero-order valence-electron chi connectivity index (χ0n) is 13.7. The summed E-state index contributed by atoms with van der Waals surface area (Å²) in [5, 5.41) is 22.1. The number of nitriles is 1. The van der Waals surface area contributed by atoms with Crippen molar-refractivity contribution < 1.29 is 9.72 Å². The molecule has 1 heterocycles. The fraction of sp³-hybridized carbons (Fsp3) is 0.188. The van der Waals surface area contributed by atoms with Crippen molar-refractivity contribution in [2.24, 2.45) is 0 Å². The molecular formula is C16H12Cl2N4O4. The molecule has 0 radical (unpaired) electrons. The van der Waals surface area contributed by atoms with Crippen LogP contribution in [0.2, 0.25) is 10.0 Å². The number of amides is 1. The molecule has 0 aliphatic rings. The van der Waals surface area contributed by atoms with Crippen LogP contribution in [0.3, 0.4) is 0 Å². The van der Waals surface area contributed by atoms with E-state index in [1.54, 1.807) is 19.9 Å². The number of hydrogen-bond acceptors (Lipinski definition) is 5. The summed E-state index contributed by atoms with van der Waals surface area (Å²) in [6.07, 6.45) is 0. The van der Waals surface area contributed by atoms with Crippen molar-refractivity contribution in [1.29, 1.82) is 5.26 Å². The molecule has 2 aromatic rings. The third-order valence-electron chi connectivity index (χ3n) is 3.62. The van der Waals surface area contributed by atoms with E-state index in [9.17, 15) is 19.7 Å². The normalized spacial score (nSPS) is 10.3. The van der Waals surface area contributed by atoms with Gasteiger partial charge in [-0.15, -0.1) is 0 Å². The van der Waals surface area contributed by atoms with Crippen LogP contribution in [-0.4, -0.2) is 15.4 Å². The van der Waals surface area contributed by atoms with Gasteiger partial charge in [0.25, 0.3) is 11.2 Å². The molecule has 134 valence electrons. The Morgan fingerprint density at radius 1 is 1.31 bits per heavy atom. The number of aromatic nitrogens is 1. The average molecular weight is 395 g/mol. The number of pyridine rings is 1. The van der Waals surface area contributed by atoms with E-state index in [2.05, 4.69) is 5.32 Å². The molecule has 0 aliphatic heterocycles. The van der Waals surface area contributed by atoms with Gasteiger partial charge >= 0.3 is 0 Å². The minimum Gasteiger partial charge on any atom is -0.322 e. The van der Waals surface area contributed by atoms with E-state index < -0.39 is 16.4 Å². The van der Waals surface area contributed by atoms with Gasteiger partial charge in [-0.05, 0) is 25.5 Å². The zero-order valence-corrected chi connectivity index (χ0v) is 15.2. The smallest absolute Gasteiger partial charge is 0.272 e. The minimum absolute atomic E-state index is 0.00209. The van der Waals surface area contributed by atoms with E-state index in [1.807, 2.05) is 6.07 Å². The molecule has 0 atom stereocenters. The van der Waals surface area contributed by atoms with Crippen molar-refractivity contribution in [2.45, 2.75) is 20.4 Å². The van der Waals surface area contributed by atoms with Gasteiger partial charge in [-0.1, -0.05) is 23.2 Å². The van der Waals surface area contributed by atoms with E-state index in [0.717, 1.165) is 16.7 Å². The third kappa shape index (κ3) is 3.85. The highest BCUT2D eigenvalue weighted by atomic mass is 35.5. The summed E-state index contributed by atoms with van der Waals surface area (Å²) in [4.78, 5) is 34.7. The summed E-state index contributed by atoms with van der Waals surface area (Å²) in [7, 11) is 0. The van der Waals surface area contributed by atoms with Crippen molar-refractivity contribution in [3.63, 3.8) is 0 Å². The first kappa shape index (κ1) is 19.4.